The summed E-state index contributed by atoms with van der Waals surface area (Å²) in [5, 5.41) is 4.88. The van der Waals surface area contributed by atoms with Crippen LogP contribution in [-0.4, -0.2) is 30.3 Å². The third kappa shape index (κ3) is 4.93. The molecule has 0 fully saturated rings. The van der Waals surface area contributed by atoms with Gasteiger partial charge in [-0.3, -0.25) is 14.4 Å². The Labute approximate surface area is 117 Å². The highest BCUT2D eigenvalue weighted by Gasteiger charge is 2.16. The fraction of sp³-hybridized carbons (Fsp3) is 0.214. The molecular formula is C14H17N3O3. The Kier molecular flexibility index (Phi) is 5.96. The normalized spacial score (nSPS) is 11.2. The summed E-state index contributed by atoms with van der Waals surface area (Å²) < 4.78 is 0. The van der Waals surface area contributed by atoms with Crippen molar-refractivity contribution >= 4 is 17.7 Å². The average Bonchev–Trinajstić information content (AvgIpc) is 2.45. The summed E-state index contributed by atoms with van der Waals surface area (Å²) >= 11 is 0. The number of rotatable bonds is 7. The molecule has 0 spiro atoms. The van der Waals surface area contributed by atoms with Crippen molar-refractivity contribution in [2.24, 2.45) is 5.73 Å². The first-order chi connectivity index (χ1) is 9.54. The van der Waals surface area contributed by atoms with E-state index >= 15 is 0 Å². The monoisotopic (exact) mass is 275 g/mol. The van der Waals surface area contributed by atoms with Gasteiger partial charge in [0.1, 0.15) is 6.04 Å². The molecule has 0 aliphatic heterocycles. The van der Waals surface area contributed by atoms with Gasteiger partial charge in [-0.05, 0) is 18.6 Å². The number of hydrogen-bond donors (Lipinski definition) is 3. The van der Waals surface area contributed by atoms with Gasteiger partial charge in [0.05, 0.1) is 6.54 Å². The van der Waals surface area contributed by atoms with Crippen LogP contribution in [0, 0.1) is 0 Å². The van der Waals surface area contributed by atoms with Crippen LogP contribution in [0.4, 0.5) is 0 Å². The minimum absolute atomic E-state index is 0.228. The number of nitrogens with one attached hydrogen (secondary N) is 2. The molecule has 0 unspecified atom stereocenters. The Morgan fingerprint density at radius 2 is 1.90 bits per heavy atom. The van der Waals surface area contributed by atoms with Crippen molar-refractivity contribution in [2.75, 3.05) is 6.54 Å². The van der Waals surface area contributed by atoms with Crippen LogP contribution in [0.2, 0.25) is 0 Å². The lowest BCUT2D eigenvalue weighted by Crippen LogP contribution is -2.47. The van der Waals surface area contributed by atoms with Crippen molar-refractivity contribution < 1.29 is 14.4 Å². The Hall–Kier alpha value is -2.63. The minimum Gasteiger partial charge on any atom is -0.368 e. The summed E-state index contributed by atoms with van der Waals surface area (Å²) in [7, 11) is 0. The van der Waals surface area contributed by atoms with E-state index in [4.69, 9.17) is 5.73 Å². The molecule has 0 aliphatic rings. The molecule has 0 bridgehead atoms. The molecule has 0 aliphatic carbocycles. The number of primary amides is 1. The Morgan fingerprint density at radius 3 is 2.45 bits per heavy atom. The summed E-state index contributed by atoms with van der Waals surface area (Å²) in [4.78, 5) is 34.4. The molecular weight excluding hydrogens is 258 g/mol. The third-order valence-electron chi connectivity index (χ3n) is 2.53. The van der Waals surface area contributed by atoms with Crippen LogP contribution >= 0.6 is 0 Å². The van der Waals surface area contributed by atoms with E-state index in [0.717, 1.165) is 0 Å². The van der Waals surface area contributed by atoms with E-state index in [2.05, 4.69) is 17.2 Å². The molecule has 0 radical (unpaired) electrons. The van der Waals surface area contributed by atoms with E-state index in [1.807, 2.05) is 0 Å². The van der Waals surface area contributed by atoms with Crippen molar-refractivity contribution in [3.8, 4) is 0 Å². The zero-order valence-electron chi connectivity index (χ0n) is 11.0. The smallest absolute Gasteiger partial charge is 0.251 e. The molecule has 6 heteroatoms. The number of hydrogen-bond acceptors (Lipinski definition) is 3. The topological polar surface area (TPSA) is 101 Å². The lowest BCUT2D eigenvalue weighted by molar-refractivity contribution is -0.126. The number of nitrogens with two attached hydrogens (primary N) is 1. The second-order valence-corrected chi connectivity index (χ2v) is 4.10. The lowest BCUT2D eigenvalue weighted by Gasteiger charge is -2.13. The van der Waals surface area contributed by atoms with Gasteiger partial charge in [-0.2, -0.15) is 0 Å². The van der Waals surface area contributed by atoms with Gasteiger partial charge >= 0.3 is 0 Å². The summed E-state index contributed by atoms with van der Waals surface area (Å²) in [6, 6.07) is 7.70. The van der Waals surface area contributed by atoms with Crippen LogP contribution in [-0.2, 0) is 9.59 Å². The van der Waals surface area contributed by atoms with Crippen LogP contribution in [0.1, 0.15) is 16.8 Å². The number of carbonyl (C=O) groups excluding carboxylic acids is 3. The second-order valence-electron chi connectivity index (χ2n) is 4.10. The Morgan fingerprint density at radius 1 is 1.25 bits per heavy atom. The van der Waals surface area contributed by atoms with Gasteiger partial charge in [-0.25, -0.2) is 0 Å². The second kappa shape index (κ2) is 7.73. The summed E-state index contributed by atoms with van der Waals surface area (Å²) in [5.74, 6) is -1.49. The van der Waals surface area contributed by atoms with Gasteiger partial charge in [0.25, 0.3) is 5.91 Å². The van der Waals surface area contributed by atoms with E-state index in [-0.39, 0.29) is 18.9 Å². The standard InChI is InChI=1S/C14H17N3O3/c1-2-6-11(13(15)19)17-12(18)9-16-14(20)10-7-4-3-5-8-10/h2-5,7-8,11H,1,6,9H2,(H2,15,19)(H,16,20)(H,17,18)/t11-/m1/s1. The van der Waals surface area contributed by atoms with E-state index in [1.54, 1.807) is 30.3 Å². The molecule has 3 amide bonds. The van der Waals surface area contributed by atoms with Crippen LogP contribution in [0.3, 0.4) is 0 Å². The average molecular weight is 275 g/mol. The molecule has 4 N–H and O–H groups in total. The lowest BCUT2D eigenvalue weighted by atomic mass is 10.2. The number of carbonyl (C=O) groups is 3. The van der Waals surface area contributed by atoms with Crippen molar-refractivity contribution in [1.29, 1.82) is 0 Å². The van der Waals surface area contributed by atoms with Crippen molar-refractivity contribution in [3.05, 3.63) is 48.6 Å². The quantitative estimate of drug-likeness (QED) is 0.609. The molecule has 1 atom stereocenters. The number of amides is 3. The SMILES string of the molecule is C=CC[C@@H](NC(=O)CNC(=O)c1ccccc1)C(N)=O. The third-order valence-corrected chi connectivity index (χ3v) is 2.53. The zero-order valence-corrected chi connectivity index (χ0v) is 11.0. The fourth-order valence-electron chi connectivity index (χ4n) is 1.51. The fourth-order valence-corrected chi connectivity index (χ4v) is 1.51. The van der Waals surface area contributed by atoms with Crippen LogP contribution in [0.5, 0.6) is 0 Å². The molecule has 20 heavy (non-hydrogen) atoms. The van der Waals surface area contributed by atoms with E-state index in [0.29, 0.717) is 5.56 Å². The predicted molar refractivity (Wildman–Crippen MR) is 74.7 cm³/mol. The van der Waals surface area contributed by atoms with Crippen molar-refractivity contribution in [1.82, 2.24) is 10.6 Å². The summed E-state index contributed by atoms with van der Waals surface area (Å²) in [5.41, 5.74) is 5.59. The van der Waals surface area contributed by atoms with E-state index < -0.39 is 17.9 Å². The molecule has 1 rings (SSSR count). The predicted octanol–water partition coefficient (Wildman–Crippen LogP) is -0.0374. The van der Waals surface area contributed by atoms with Gasteiger partial charge in [0, 0.05) is 5.56 Å². The highest BCUT2D eigenvalue weighted by atomic mass is 16.2. The van der Waals surface area contributed by atoms with Gasteiger partial charge in [-0.1, -0.05) is 24.3 Å². The number of benzene rings is 1. The molecule has 1 aromatic rings. The minimum atomic E-state index is -0.811. The van der Waals surface area contributed by atoms with E-state index in [9.17, 15) is 14.4 Å². The first-order valence-electron chi connectivity index (χ1n) is 6.07. The molecule has 1 aromatic carbocycles. The molecule has 6 nitrogen and oxygen atoms in total. The van der Waals surface area contributed by atoms with Crippen LogP contribution in [0.15, 0.2) is 43.0 Å². The van der Waals surface area contributed by atoms with Gasteiger partial charge in [0.15, 0.2) is 0 Å². The Bertz CT molecular complexity index is 500. The van der Waals surface area contributed by atoms with Crippen LogP contribution < -0.4 is 16.4 Å². The molecule has 0 heterocycles. The molecule has 0 saturated heterocycles. The highest BCUT2D eigenvalue weighted by Crippen LogP contribution is 1.97. The summed E-state index contributed by atoms with van der Waals surface area (Å²) in [6.07, 6.45) is 1.73. The Balaban J connectivity index is 2.45. The maximum absolute atomic E-state index is 11.7. The molecule has 106 valence electrons. The first-order valence-corrected chi connectivity index (χ1v) is 6.07. The molecule has 0 saturated carbocycles. The maximum atomic E-state index is 11.7. The summed E-state index contributed by atoms with van der Waals surface area (Å²) in [6.45, 7) is 3.25. The van der Waals surface area contributed by atoms with Gasteiger partial charge in [0.2, 0.25) is 11.8 Å². The van der Waals surface area contributed by atoms with Gasteiger partial charge < -0.3 is 16.4 Å². The molecule has 0 aromatic heterocycles. The van der Waals surface area contributed by atoms with Gasteiger partial charge in [-0.15, -0.1) is 6.58 Å². The highest BCUT2D eigenvalue weighted by molar-refractivity contribution is 5.97. The van der Waals surface area contributed by atoms with Crippen molar-refractivity contribution in [2.45, 2.75) is 12.5 Å². The van der Waals surface area contributed by atoms with Crippen LogP contribution in [0.25, 0.3) is 0 Å². The van der Waals surface area contributed by atoms with Crippen molar-refractivity contribution in [3.63, 3.8) is 0 Å². The maximum Gasteiger partial charge on any atom is 0.251 e. The van der Waals surface area contributed by atoms with E-state index in [1.165, 1.54) is 6.08 Å². The largest absolute Gasteiger partial charge is 0.368 e. The first kappa shape index (κ1) is 15.4. The zero-order chi connectivity index (χ0) is 15.0.